The fraction of sp³-hybridized carbons (Fsp3) is 0.0667. The van der Waals surface area contributed by atoms with E-state index in [4.69, 9.17) is 4.42 Å². The van der Waals surface area contributed by atoms with Gasteiger partial charge in [0.2, 0.25) is 5.58 Å². The Labute approximate surface area is 108 Å². The smallest absolute Gasteiger partial charge is 0.396 e. The van der Waals surface area contributed by atoms with Crippen molar-refractivity contribution in [1.82, 2.24) is 9.55 Å². The monoisotopic (exact) mass is 248 g/mol. The van der Waals surface area contributed by atoms with Gasteiger partial charge in [0.25, 0.3) is 0 Å². The summed E-state index contributed by atoms with van der Waals surface area (Å²) >= 11 is 0. The predicted octanol–water partition coefficient (Wildman–Crippen LogP) is 2.40. The lowest BCUT2D eigenvalue weighted by Gasteiger charge is -1.92. The molecule has 1 aliphatic rings. The lowest BCUT2D eigenvalue weighted by molar-refractivity contribution is -0.486. The molecule has 3 aromatic heterocycles. The Morgan fingerprint density at radius 2 is 2.11 bits per heavy atom. The van der Waals surface area contributed by atoms with E-state index >= 15 is 0 Å². The normalized spacial score (nSPS) is 13.1. The zero-order valence-corrected chi connectivity index (χ0v) is 10.1. The van der Waals surface area contributed by atoms with E-state index in [1.165, 1.54) is 16.8 Å². The molecule has 19 heavy (non-hydrogen) atoms. The van der Waals surface area contributed by atoms with Gasteiger partial charge in [0.1, 0.15) is 18.1 Å². The lowest BCUT2D eigenvalue weighted by atomic mass is 10.1. The number of hydrogen-bond acceptors (Lipinski definition) is 2. The SMILES string of the molecule is c1ccc2c(c1)Cn1c-2c[n+]2c3ncccc3oc12. The number of oxazole rings is 1. The summed E-state index contributed by atoms with van der Waals surface area (Å²) in [6.45, 7) is 0.863. The third-order valence-electron chi connectivity index (χ3n) is 3.78. The van der Waals surface area contributed by atoms with E-state index in [0.717, 1.165) is 23.6 Å². The molecule has 0 unspecified atom stereocenters. The van der Waals surface area contributed by atoms with E-state index in [0.29, 0.717) is 0 Å². The number of rotatable bonds is 0. The third kappa shape index (κ3) is 1.04. The van der Waals surface area contributed by atoms with Gasteiger partial charge < -0.3 is 4.42 Å². The first-order valence-corrected chi connectivity index (χ1v) is 6.28. The summed E-state index contributed by atoms with van der Waals surface area (Å²) in [4.78, 5) is 4.39. The molecule has 0 saturated carbocycles. The van der Waals surface area contributed by atoms with Gasteiger partial charge in [-0.2, -0.15) is 4.40 Å². The lowest BCUT2D eigenvalue weighted by Crippen LogP contribution is -2.17. The molecule has 4 nitrogen and oxygen atoms in total. The van der Waals surface area contributed by atoms with Crippen molar-refractivity contribution in [3.63, 3.8) is 0 Å². The van der Waals surface area contributed by atoms with Crippen LogP contribution in [-0.2, 0) is 6.54 Å². The molecule has 0 saturated heterocycles. The van der Waals surface area contributed by atoms with E-state index < -0.39 is 0 Å². The number of hydrogen-bond donors (Lipinski definition) is 0. The van der Waals surface area contributed by atoms with Gasteiger partial charge in [-0.05, 0) is 17.7 Å². The average Bonchev–Trinajstić information content (AvgIpc) is 3.07. The van der Waals surface area contributed by atoms with E-state index in [-0.39, 0.29) is 0 Å². The van der Waals surface area contributed by atoms with Gasteiger partial charge in [0.05, 0.1) is 6.54 Å². The topological polar surface area (TPSA) is 35.1 Å². The van der Waals surface area contributed by atoms with Crippen molar-refractivity contribution >= 4 is 17.1 Å². The fourth-order valence-electron chi connectivity index (χ4n) is 2.92. The molecule has 4 aromatic rings. The van der Waals surface area contributed by atoms with Gasteiger partial charge in [-0.3, -0.25) is 0 Å². The molecule has 0 bridgehead atoms. The summed E-state index contributed by atoms with van der Waals surface area (Å²) in [5.74, 6) is 0.847. The molecule has 1 aromatic carbocycles. The Hall–Kier alpha value is -2.62. The van der Waals surface area contributed by atoms with Crippen LogP contribution in [0.3, 0.4) is 0 Å². The zero-order valence-electron chi connectivity index (χ0n) is 10.1. The molecular weight excluding hydrogens is 238 g/mol. The van der Waals surface area contributed by atoms with Gasteiger partial charge in [-0.1, -0.05) is 24.3 Å². The molecule has 4 heteroatoms. The first-order valence-electron chi connectivity index (χ1n) is 6.28. The molecule has 0 aliphatic carbocycles. The number of aromatic nitrogens is 3. The van der Waals surface area contributed by atoms with Crippen LogP contribution in [0, 0.1) is 0 Å². The van der Waals surface area contributed by atoms with Gasteiger partial charge in [0, 0.05) is 5.56 Å². The standard InChI is InChI=1S/C15H10N3O/c1-2-5-11-10(4-1)8-17-12(11)9-18-14-13(19-15(17)18)6-3-7-16-14/h1-7,9H,8H2/q+1. The molecule has 0 atom stereocenters. The molecular formula is C15H10N3O+. The number of fused-ring (bicyclic) bond motifs is 7. The molecule has 0 amide bonds. The van der Waals surface area contributed by atoms with Crippen molar-refractivity contribution < 1.29 is 8.82 Å². The molecule has 0 N–H and O–H groups in total. The minimum atomic E-state index is 0.823. The van der Waals surface area contributed by atoms with Crippen LogP contribution in [0.4, 0.5) is 0 Å². The third-order valence-corrected chi connectivity index (χ3v) is 3.78. The number of imidazole rings is 1. The second-order valence-electron chi connectivity index (χ2n) is 4.84. The number of benzene rings is 1. The van der Waals surface area contributed by atoms with Crippen LogP contribution in [0.15, 0.2) is 53.2 Å². The molecule has 1 aliphatic heterocycles. The van der Waals surface area contributed by atoms with E-state index in [1.807, 2.05) is 16.5 Å². The van der Waals surface area contributed by atoms with E-state index in [2.05, 4.69) is 40.0 Å². The number of nitrogens with zero attached hydrogens (tertiary/aromatic N) is 3. The van der Waals surface area contributed by atoms with Crippen LogP contribution in [-0.4, -0.2) is 9.55 Å². The summed E-state index contributed by atoms with van der Waals surface area (Å²) in [6, 6.07) is 12.3. The van der Waals surface area contributed by atoms with Crippen molar-refractivity contribution in [1.29, 1.82) is 0 Å². The van der Waals surface area contributed by atoms with E-state index in [9.17, 15) is 0 Å². The van der Waals surface area contributed by atoms with Crippen molar-refractivity contribution in [3.8, 4) is 11.3 Å². The van der Waals surface area contributed by atoms with Crippen molar-refractivity contribution in [2.45, 2.75) is 6.54 Å². The Bertz CT molecular complexity index is 949. The Kier molecular flexibility index (Phi) is 1.49. The largest absolute Gasteiger partial charge is 0.410 e. The van der Waals surface area contributed by atoms with Crippen LogP contribution in [0.25, 0.3) is 28.3 Å². The quantitative estimate of drug-likeness (QED) is 0.394. The highest BCUT2D eigenvalue weighted by Crippen LogP contribution is 2.33. The highest BCUT2D eigenvalue weighted by molar-refractivity contribution is 5.71. The first kappa shape index (κ1) is 9.33. The van der Waals surface area contributed by atoms with Crippen molar-refractivity contribution in [2.75, 3.05) is 0 Å². The molecule has 0 radical (unpaired) electrons. The minimum Gasteiger partial charge on any atom is -0.396 e. The summed E-state index contributed by atoms with van der Waals surface area (Å²) < 4.78 is 10.2. The van der Waals surface area contributed by atoms with E-state index in [1.54, 1.807) is 6.20 Å². The van der Waals surface area contributed by atoms with Gasteiger partial charge in [-0.15, -0.1) is 4.98 Å². The second kappa shape index (κ2) is 3.03. The maximum absolute atomic E-state index is 5.93. The Balaban J connectivity index is 1.93. The van der Waals surface area contributed by atoms with Crippen LogP contribution in [0.1, 0.15) is 5.56 Å². The second-order valence-corrected chi connectivity index (χ2v) is 4.84. The first-order chi connectivity index (χ1) is 9.42. The van der Waals surface area contributed by atoms with Gasteiger partial charge >= 0.3 is 11.5 Å². The van der Waals surface area contributed by atoms with Crippen molar-refractivity contribution in [2.24, 2.45) is 0 Å². The summed E-state index contributed by atoms with van der Waals surface area (Å²) in [6.07, 6.45) is 3.90. The number of pyridine rings is 1. The Morgan fingerprint density at radius 3 is 3.11 bits per heavy atom. The molecule has 0 fully saturated rings. The summed E-state index contributed by atoms with van der Waals surface area (Å²) in [5.41, 5.74) is 5.52. The highest BCUT2D eigenvalue weighted by atomic mass is 16.4. The van der Waals surface area contributed by atoms with Crippen molar-refractivity contribution in [3.05, 3.63) is 54.4 Å². The van der Waals surface area contributed by atoms with Crippen LogP contribution in [0.5, 0.6) is 0 Å². The Morgan fingerprint density at radius 1 is 1.16 bits per heavy atom. The van der Waals surface area contributed by atoms with Crippen LogP contribution < -0.4 is 4.40 Å². The zero-order chi connectivity index (χ0) is 12.4. The van der Waals surface area contributed by atoms with Gasteiger partial charge in [0.15, 0.2) is 0 Å². The minimum absolute atomic E-state index is 0.823. The predicted molar refractivity (Wildman–Crippen MR) is 69.7 cm³/mol. The fourth-order valence-corrected chi connectivity index (χ4v) is 2.92. The molecule has 4 heterocycles. The molecule has 0 spiro atoms. The van der Waals surface area contributed by atoms with Crippen LogP contribution in [0.2, 0.25) is 0 Å². The summed E-state index contributed by atoms with van der Waals surface area (Å²) in [5, 5.41) is 0. The van der Waals surface area contributed by atoms with Crippen LogP contribution >= 0.6 is 0 Å². The maximum atomic E-state index is 5.93. The maximum Gasteiger partial charge on any atom is 0.410 e. The van der Waals surface area contributed by atoms with Gasteiger partial charge in [-0.25, -0.2) is 4.57 Å². The summed E-state index contributed by atoms with van der Waals surface area (Å²) in [7, 11) is 0. The highest BCUT2D eigenvalue weighted by Gasteiger charge is 2.29. The molecule has 90 valence electrons. The average molecular weight is 248 g/mol. The molecule has 5 rings (SSSR count).